The van der Waals surface area contributed by atoms with Crippen LogP contribution >= 0.6 is 0 Å². The van der Waals surface area contributed by atoms with Crippen LogP contribution < -0.4 is 0 Å². The highest BCUT2D eigenvalue weighted by atomic mass is 16.6. The SMILES string of the molecule is CCCCC/C=C\C/C=C\CCCCCCCCCCCC(=O)OC(COC(=O)CCCCCCCC/C=C\C/C=C\C/C=C\CCCCCCC)COC(=O)CCCCCCCCCCC. The Labute approximate surface area is 415 Å². The third kappa shape index (κ3) is 53.9. The summed E-state index contributed by atoms with van der Waals surface area (Å²) < 4.78 is 16.8. The van der Waals surface area contributed by atoms with Gasteiger partial charge in [0.2, 0.25) is 0 Å². The van der Waals surface area contributed by atoms with Crippen LogP contribution in [0, 0.1) is 0 Å². The van der Waals surface area contributed by atoms with Crippen LogP contribution in [-0.4, -0.2) is 37.2 Å². The molecule has 0 aliphatic carbocycles. The lowest BCUT2D eigenvalue weighted by Crippen LogP contribution is -2.30. The molecule has 67 heavy (non-hydrogen) atoms. The van der Waals surface area contributed by atoms with E-state index in [1.54, 1.807) is 0 Å². The molecule has 6 heteroatoms. The van der Waals surface area contributed by atoms with Gasteiger partial charge in [-0.2, -0.15) is 0 Å². The summed E-state index contributed by atoms with van der Waals surface area (Å²) in [7, 11) is 0. The van der Waals surface area contributed by atoms with Crippen molar-refractivity contribution in [1.29, 1.82) is 0 Å². The number of ether oxygens (including phenoxy) is 3. The average Bonchev–Trinajstić information content (AvgIpc) is 3.33. The van der Waals surface area contributed by atoms with Gasteiger partial charge in [0.05, 0.1) is 0 Å². The number of hydrogen-bond acceptors (Lipinski definition) is 6. The number of hydrogen-bond donors (Lipinski definition) is 0. The molecule has 0 aromatic rings. The Morgan fingerprint density at radius 3 is 0.866 bits per heavy atom. The Morgan fingerprint density at radius 2 is 0.537 bits per heavy atom. The Kier molecular flexibility index (Phi) is 53.3. The highest BCUT2D eigenvalue weighted by Gasteiger charge is 2.19. The largest absolute Gasteiger partial charge is 0.462 e. The first kappa shape index (κ1) is 64.1. The van der Waals surface area contributed by atoms with Gasteiger partial charge in [-0.05, 0) is 89.9 Å². The standard InChI is InChI=1S/C61H108O6/c1-4-7-10-13-16-19-21-23-25-27-29-30-32-33-35-37-39-42-45-48-51-54-60(63)66-57-58(56-65-59(62)53-50-47-44-41-18-15-12-9-6-3)67-61(64)55-52-49-46-43-40-38-36-34-31-28-26-24-22-20-17-14-11-8-5-2/h17,20-21,23-24,26-27,29,32-33,58H,4-16,18-19,22,25,28,30-31,34-57H2,1-3H3/b20-17-,23-21-,26-24-,29-27-,33-32-. The lowest BCUT2D eigenvalue weighted by Gasteiger charge is -2.18. The Hall–Kier alpha value is -2.89. The predicted molar refractivity (Wildman–Crippen MR) is 288 cm³/mol. The summed E-state index contributed by atoms with van der Waals surface area (Å²) in [6.45, 7) is 6.59. The summed E-state index contributed by atoms with van der Waals surface area (Å²) in [5, 5.41) is 0. The smallest absolute Gasteiger partial charge is 0.306 e. The molecule has 0 radical (unpaired) electrons. The van der Waals surface area contributed by atoms with Crippen molar-refractivity contribution in [1.82, 2.24) is 0 Å². The van der Waals surface area contributed by atoms with E-state index in [1.807, 2.05) is 0 Å². The molecule has 0 aromatic carbocycles. The first-order chi connectivity index (χ1) is 33.0. The second-order valence-electron chi connectivity index (χ2n) is 19.2. The molecular weight excluding hydrogens is 829 g/mol. The van der Waals surface area contributed by atoms with Crippen molar-refractivity contribution in [3.63, 3.8) is 0 Å². The van der Waals surface area contributed by atoms with Gasteiger partial charge in [-0.15, -0.1) is 0 Å². The van der Waals surface area contributed by atoms with Crippen molar-refractivity contribution in [3.05, 3.63) is 60.8 Å². The summed E-state index contributed by atoms with van der Waals surface area (Å²) in [4.78, 5) is 38.0. The topological polar surface area (TPSA) is 78.9 Å². The minimum absolute atomic E-state index is 0.0784. The maximum Gasteiger partial charge on any atom is 0.306 e. The highest BCUT2D eigenvalue weighted by molar-refractivity contribution is 5.71. The number of carbonyl (C=O) groups excluding carboxylic acids is 3. The molecule has 0 aromatic heterocycles. The predicted octanol–water partition coefficient (Wildman–Crippen LogP) is 19.2. The van der Waals surface area contributed by atoms with Crippen molar-refractivity contribution in [2.75, 3.05) is 13.2 Å². The molecule has 0 amide bonds. The van der Waals surface area contributed by atoms with Gasteiger partial charge < -0.3 is 14.2 Å². The van der Waals surface area contributed by atoms with Crippen molar-refractivity contribution in [2.45, 2.75) is 297 Å². The second kappa shape index (κ2) is 55.7. The summed E-state index contributed by atoms with van der Waals surface area (Å²) in [6, 6.07) is 0. The molecule has 6 nitrogen and oxygen atoms in total. The minimum atomic E-state index is -0.780. The van der Waals surface area contributed by atoms with Crippen LogP contribution in [0.4, 0.5) is 0 Å². The molecule has 0 bridgehead atoms. The van der Waals surface area contributed by atoms with Crippen LogP contribution in [0.3, 0.4) is 0 Å². The third-order valence-corrected chi connectivity index (χ3v) is 12.5. The molecule has 0 saturated carbocycles. The number of unbranched alkanes of at least 4 members (excludes halogenated alkanes) is 31. The fraction of sp³-hybridized carbons (Fsp3) is 0.787. The zero-order valence-corrected chi connectivity index (χ0v) is 44.4. The second-order valence-corrected chi connectivity index (χ2v) is 19.2. The number of carbonyl (C=O) groups is 3. The highest BCUT2D eigenvalue weighted by Crippen LogP contribution is 2.15. The van der Waals surface area contributed by atoms with Crippen molar-refractivity contribution in [3.8, 4) is 0 Å². The van der Waals surface area contributed by atoms with E-state index in [2.05, 4.69) is 81.5 Å². The molecule has 0 fully saturated rings. The van der Waals surface area contributed by atoms with Gasteiger partial charge in [0.25, 0.3) is 0 Å². The van der Waals surface area contributed by atoms with E-state index in [0.717, 1.165) is 83.5 Å². The first-order valence-electron chi connectivity index (χ1n) is 28.8. The Balaban J connectivity index is 4.30. The van der Waals surface area contributed by atoms with Crippen LogP contribution in [0.2, 0.25) is 0 Å². The molecule has 1 atom stereocenters. The van der Waals surface area contributed by atoms with Gasteiger partial charge in [-0.1, -0.05) is 242 Å². The summed E-state index contributed by atoms with van der Waals surface area (Å²) in [6.07, 6.45) is 69.3. The Morgan fingerprint density at radius 1 is 0.299 bits per heavy atom. The van der Waals surface area contributed by atoms with Gasteiger partial charge in [0.15, 0.2) is 6.10 Å². The maximum atomic E-state index is 12.8. The Bertz CT molecular complexity index is 1210. The third-order valence-electron chi connectivity index (χ3n) is 12.5. The first-order valence-corrected chi connectivity index (χ1v) is 28.8. The molecule has 0 saturated heterocycles. The number of esters is 3. The molecule has 0 spiro atoms. The van der Waals surface area contributed by atoms with Crippen LogP contribution in [-0.2, 0) is 28.6 Å². The number of allylic oxidation sites excluding steroid dienone is 10. The van der Waals surface area contributed by atoms with E-state index in [1.165, 1.54) is 167 Å². The van der Waals surface area contributed by atoms with Crippen LogP contribution in [0.15, 0.2) is 60.8 Å². The van der Waals surface area contributed by atoms with E-state index in [4.69, 9.17) is 14.2 Å². The lowest BCUT2D eigenvalue weighted by molar-refractivity contribution is -0.167. The van der Waals surface area contributed by atoms with Gasteiger partial charge >= 0.3 is 17.9 Å². The molecule has 1 unspecified atom stereocenters. The van der Waals surface area contributed by atoms with Crippen LogP contribution in [0.25, 0.3) is 0 Å². The van der Waals surface area contributed by atoms with Gasteiger partial charge in [0.1, 0.15) is 13.2 Å². The molecule has 0 aliphatic heterocycles. The fourth-order valence-electron chi connectivity index (χ4n) is 8.13. The van der Waals surface area contributed by atoms with Crippen molar-refractivity contribution >= 4 is 17.9 Å². The summed E-state index contributed by atoms with van der Waals surface area (Å²) >= 11 is 0. The molecule has 0 rings (SSSR count). The van der Waals surface area contributed by atoms with Crippen molar-refractivity contribution < 1.29 is 28.6 Å². The van der Waals surface area contributed by atoms with E-state index in [9.17, 15) is 14.4 Å². The summed E-state index contributed by atoms with van der Waals surface area (Å²) in [5.74, 6) is -0.889. The molecule has 0 aliphatic rings. The molecule has 0 heterocycles. The quantitative estimate of drug-likeness (QED) is 0.0262. The monoisotopic (exact) mass is 937 g/mol. The lowest BCUT2D eigenvalue weighted by atomic mass is 10.1. The van der Waals surface area contributed by atoms with E-state index < -0.39 is 6.10 Å². The average molecular weight is 938 g/mol. The zero-order valence-electron chi connectivity index (χ0n) is 44.4. The normalized spacial score (nSPS) is 12.5. The van der Waals surface area contributed by atoms with Gasteiger partial charge in [-0.25, -0.2) is 0 Å². The molecule has 388 valence electrons. The summed E-state index contributed by atoms with van der Waals surface area (Å²) in [5.41, 5.74) is 0. The molecule has 0 N–H and O–H groups in total. The minimum Gasteiger partial charge on any atom is -0.462 e. The van der Waals surface area contributed by atoms with E-state index >= 15 is 0 Å². The fourth-order valence-corrected chi connectivity index (χ4v) is 8.13. The zero-order chi connectivity index (χ0) is 48.6. The van der Waals surface area contributed by atoms with Crippen LogP contribution in [0.5, 0.6) is 0 Å². The van der Waals surface area contributed by atoms with Gasteiger partial charge in [-0.3, -0.25) is 14.4 Å². The van der Waals surface area contributed by atoms with Crippen molar-refractivity contribution in [2.24, 2.45) is 0 Å². The molecular formula is C61H108O6. The van der Waals surface area contributed by atoms with Gasteiger partial charge in [0, 0.05) is 19.3 Å². The van der Waals surface area contributed by atoms with E-state index in [0.29, 0.717) is 19.3 Å². The number of rotatable bonds is 52. The van der Waals surface area contributed by atoms with Crippen LogP contribution in [0.1, 0.15) is 290 Å². The maximum absolute atomic E-state index is 12.8. The van der Waals surface area contributed by atoms with E-state index in [-0.39, 0.29) is 31.1 Å².